The molecule has 2 N–H and O–H groups in total. The lowest BCUT2D eigenvalue weighted by Gasteiger charge is -2.11. The van der Waals surface area contributed by atoms with Gasteiger partial charge in [-0.3, -0.25) is 10.1 Å². The number of benzene rings is 2. The highest BCUT2D eigenvalue weighted by molar-refractivity contribution is 6.02. The minimum Gasteiger partial charge on any atom is -0.454 e. The Bertz CT molecular complexity index is 1070. The Labute approximate surface area is 184 Å². The average Bonchev–Trinajstić information content (AvgIpc) is 3.23. The first-order valence-corrected chi connectivity index (χ1v) is 9.72. The molecule has 1 heterocycles. The Morgan fingerprint density at radius 3 is 2.66 bits per heavy atom. The SMILES string of the molecule is C/C(=N\OCC(=O)OCC(=O)NC(=O)Nc1cccc(C)c1C)c1ccc2c(c1)OCO2. The summed E-state index contributed by atoms with van der Waals surface area (Å²) in [5.41, 5.74) is 3.71. The fraction of sp³-hybridized carbons (Fsp3) is 0.273. The number of carbonyl (C=O) groups excluding carboxylic acids is 3. The first kappa shape index (κ1) is 22.6. The van der Waals surface area contributed by atoms with Gasteiger partial charge in [-0.15, -0.1) is 0 Å². The zero-order valence-electron chi connectivity index (χ0n) is 17.9. The van der Waals surface area contributed by atoms with Gasteiger partial charge in [-0.05, 0) is 56.2 Å². The molecule has 0 spiro atoms. The number of oxime groups is 1. The number of anilines is 1. The van der Waals surface area contributed by atoms with E-state index in [1.807, 2.05) is 19.9 Å². The maximum Gasteiger partial charge on any atom is 0.347 e. The summed E-state index contributed by atoms with van der Waals surface area (Å²) in [4.78, 5) is 40.5. The number of amides is 3. The number of ether oxygens (including phenoxy) is 3. The Morgan fingerprint density at radius 1 is 1.06 bits per heavy atom. The van der Waals surface area contributed by atoms with Crippen molar-refractivity contribution in [1.29, 1.82) is 0 Å². The van der Waals surface area contributed by atoms with Crippen molar-refractivity contribution in [3.8, 4) is 11.5 Å². The van der Waals surface area contributed by atoms with Gasteiger partial charge in [-0.25, -0.2) is 9.59 Å². The van der Waals surface area contributed by atoms with E-state index in [4.69, 9.17) is 19.0 Å². The summed E-state index contributed by atoms with van der Waals surface area (Å²) in [6.45, 7) is 4.50. The van der Waals surface area contributed by atoms with Crippen LogP contribution >= 0.6 is 0 Å². The zero-order valence-corrected chi connectivity index (χ0v) is 17.9. The van der Waals surface area contributed by atoms with Gasteiger partial charge in [-0.1, -0.05) is 17.3 Å². The van der Waals surface area contributed by atoms with Crippen LogP contribution in [0, 0.1) is 13.8 Å². The van der Waals surface area contributed by atoms with Crippen molar-refractivity contribution >= 4 is 29.3 Å². The van der Waals surface area contributed by atoms with Crippen LogP contribution in [0.2, 0.25) is 0 Å². The fourth-order valence-corrected chi connectivity index (χ4v) is 2.75. The molecule has 0 fully saturated rings. The molecule has 2 aromatic rings. The summed E-state index contributed by atoms with van der Waals surface area (Å²) in [6, 6.07) is 9.97. The molecule has 0 aromatic heterocycles. The number of aryl methyl sites for hydroxylation is 1. The number of carbonyl (C=O) groups is 3. The van der Waals surface area contributed by atoms with Gasteiger partial charge < -0.3 is 24.4 Å². The predicted molar refractivity (Wildman–Crippen MR) is 115 cm³/mol. The van der Waals surface area contributed by atoms with E-state index in [9.17, 15) is 14.4 Å². The summed E-state index contributed by atoms with van der Waals surface area (Å²) in [7, 11) is 0. The minimum atomic E-state index is -0.808. The lowest BCUT2D eigenvalue weighted by molar-refractivity contribution is -0.152. The largest absolute Gasteiger partial charge is 0.454 e. The second kappa shape index (κ2) is 10.3. The Kier molecular flexibility index (Phi) is 7.27. The molecule has 0 bridgehead atoms. The third kappa shape index (κ3) is 5.97. The summed E-state index contributed by atoms with van der Waals surface area (Å²) in [5, 5.41) is 8.52. The summed E-state index contributed by atoms with van der Waals surface area (Å²) in [5.74, 6) is -0.338. The van der Waals surface area contributed by atoms with Crippen molar-refractivity contribution < 1.29 is 33.4 Å². The molecule has 0 radical (unpaired) electrons. The van der Waals surface area contributed by atoms with Crippen LogP contribution in [0.15, 0.2) is 41.6 Å². The minimum absolute atomic E-state index is 0.165. The van der Waals surface area contributed by atoms with Crippen molar-refractivity contribution in [3.05, 3.63) is 53.1 Å². The summed E-state index contributed by atoms with van der Waals surface area (Å²) in [6.07, 6.45) is 0. The molecule has 0 aliphatic carbocycles. The average molecular weight is 441 g/mol. The number of hydrogen-bond donors (Lipinski definition) is 2. The Morgan fingerprint density at radius 2 is 1.84 bits per heavy atom. The maximum atomic E-state index is 11.9. The van der Waals surface area contributed by atoms with Crippen LogP contribution in [0.3, 0.4) is 0 Å². The molecule has 2 aromatic carbocycles. The number of esters is 1. The van der Waals surface area contributed by atoms with Crippen molar-refractivity contribution in [2.75, 3.05) is 25.3 Å². The van der Waals surface area contributed by atoms with E-state index < -0.39 is 31.1 Å². The molecule has 1 aliphatic rings. The highest BCUT2D eigenvalue weighted by Crippen LogP contribution is 2.32. The molecule has 32 heavy (non-hydrogen) atoms. The number of nitrogens with zero attached hydrogens (tertiary/aromatic N) is 1. The molecule has 0 atom stereocenters. The van der Waals surface area contributed by atoms with Crippen LogP contribution in [0.5, 0.6) is 11.5 Å². The zero-order chi connectivity index (χ0) is 23.1. The van der Waals surface area contributed by atoms with Crippen molar-refractivity contribution in [2.45, 2.75) is 20.8 Å². The number of urea groups is 1. The molecule has 0 saturated carbocycles. The molecule has 168 valence electrons. The second-order valence-electron chi connectivity index (χ2n) is 6.93. The predicted octanol–water partition coefficient (Wildman–Crippen LogP) is 2.66. The van der Waals surface area contributed by atoms with E-state index in [-0.39, 0.29) is 6.79 Å². The van der Waals surface area contributed by atoms with Crippen molar-refractivity contribution in [2.24, 2.45) is 5.16 Å². The van der Waals surface area contributed by atoms with Gasteiger partial charge in [-0.2, -0.15) is 0 Å². The van der Waals surface area contributed by atoms with Gasteiger partial charge in [0.25, 0.3) is 5.91 Å². The van der Waals surface area contributed by atoms with Gasteiger partial charge in [0.1, 0.15) is 0 Å². The van der Waals surface area contributed by atoms with Crippen molar-refractivity contribution in [1.82, 2.24) is 5.32 Å². The molecular formula is C22H23N3O7. The third-order valence-electron chi connectivity index (χ3n) is 4.64. The highest BCUT2D eigenvalue weighted by Gasteiger charge is 2.15. The monoisotopic (exact) mass is 441 g/mol. The lowest BCUT2D eigenvalue weighted by atomic mass is 10.1. The standard InChI is InChI=1S/C22H23N3O7/c1-13-5-4-6-17(14(13)2)23-22(28)24-20(26)10-29-21(27)11-32-25-15(3)16-7-8-18-19(9-16)31-12-30-18/h4-9H,10-12H2,1-3H3,(H2,23,24,26,28)/b25-15+. The molecule has 3 rings (SSSR count). The van der Waals surface area contributed by atoms with E-state index in [0.29, 0.717) is 22.9 Å². The quantitative estimate of drug-likeness (QED) is 0.384. The lowest BCUT2D eigenvalue weighted by Crippen LogP contribution is -2.37. The molecule has 3 amide bonds. The molecule has 0 unspecified atom stereocenters. The van der Waals surface area contributed by atoms with Crippen LogP contribution in [-0.4, -0.2) is 43.6 Å². The maximum absolute atomic E-state index is 11.9. The number of nitrogens with one attached hydrogen (secondary N) is 2. The number of hydrogen-bond acceptors (Lipinski definition) is 8. The van der Waals surface area contributed by atoms with Gasteiger partial charge in [0.2, 0.25) is 13.4 Å². The number of fused-ring (bicyclic) bond motifs is 1. The first-order valence-electron chi connectivity index (χ1n) is 9.72. The van der Waals surface area contributed by atoms with Crippen LogP contribution in [0.4, 0.5) is 10.5 Å². The van der Waals surface area contributed by atoms with Crippen LogP contribution in [0.25, 0.3) is 0 Å². The van der Waals surface area contributed by atoms with Crippen LogP contribution < -0.4 is 20.1 Å². The Balaban J connectivity index is 1.38. The highest BCUT2D eigenvalue weighted by atomic mass is 16.7. The normalized spacial score (nSPS) is 12.2. The van der Waals surface area contributed by atoms with Gasteiger partial charge >= 0.3 is 12.0 Å². The molecule has 10 heteroatoms. The summed E-state index contributed by atoms with van der Waals surface area (Å²) < 4.78 is 15.3. The van der Waals surface area contributed by atoms with E-state index in [0.717, 1.165) is 16.7 Å². The van der Waals surface area contributed by atoms with Crippen molar-refractivity contribution in [3.63, 3.8) is 0 Å². The summed E-state index contributed by atoms with van der Waals surface area (Å²) >= 11 is 0. The molecule has 1 aliphatic heterocycles. The van der Waals surface area contributed by atoms with E-state index >= 15 is 0 Å². The van der Waals surface area contributed by atoms with Crippen LogP contribution in [0.1, 0.15) is 23.6 Å². The number of rotatable bonds is 7. The number of imide groups is 1. The van der Waals surface area contributed by atoms with Gasteiger partial charge in [0.05, 0.1) is 5.71 Å². The van der Waals surface area contributed by atoms with Gasteiger partial charge in [0.15, 0.2) is 18.1 Å². The topological polar surface area (TPSA) is 125 Å². The molecular weight excluding hydrogens is 418 g/mol. The molecule has 0 saturated heterocycles. The molecule has 10 nitrogen and oxygen atoms in total. The van der Waals surface area contributed by atoms with E-state index in [1.54, 1.807) is 37.3 Å². The van der Waals surface area contributed by atoms with Gasteiger partial charge in [0, 0.05) is 11.3 Å². The second-order valence-corrected chi connectivity index (χ2v) is 6.93. The van der Waals surface area contributed by atoms with Crippen LogP contribution in [-0.2, 0) is 19.2 Å². The first-order chi connectivity index (χ1) is 15.3. The third-order valence-corrected chi connectivity index (χ3v) is 4.64. The Hall–Kier alpha value is -4.08. The smallest absolute Gasteiger partial charge is 0.347 e. The van der Waals surface area contributed by atoms with E-state index in [2.05, 4.69) is 15.8 Å². The fourth-order valence-electron chi connectivity index (χ4n) is 2.75. The van der Waals surface area contributed by atoms with E-state index in [1.165, 1.54) is 0 Å².